The summed E-state index contributed by atoms with van der Waals surface area (Å²) in [5.41, 5.74) is 1.40. The molecule has 0 aromatic carbocycles. The van der Waals surface area contributed by atoms with Gasteiger partial charge in [-0.3, -0.25) is 9.59 Å². The highest BCUT2D eigenvalue weighted by molar-refractivity contribution is 6.54. The van der Waals surface area contributed by atoms with Crippen LogP contribution in [0.1, 0.15) is 26.7 Å². The first-order chi connectivity index (χ1) is 6.13. The van der Waals surface area contributed by atoms with Crippen LogP contribution in [-0.2, 0) is 18.4 Å². The summed E-state index contributed by atoms with van der Waals surface area (Å²) in [6.07, 6.45) is 0.558. The molecule has 0 saturated carbocycles. The molecule has 5 heteroatoms. The van der Waals surface area contributed by atoms with Crippen LogP contribution in [0.5, 0.6) is 0 Å². The number of carbonyl (C=O) groups excluding carboxylic acids is 2. The lowest BCUT2D eigenvalue weighted by atomic mass is 10.5. The number of hydrogen-bond acceptors (Lipinski definition) is 4. The van der Waals surface area contributed by atoms with Gasteiger partial charge in [-0.15, -0.1) is 6.58 Å². The van der Waals surface area contributed by atoms with Gasteiger partial charge in [0.15, 0.2) is 0 Å². The van der Waals surface area contributed by atoms with E-state index in [0.29, 0.717) is 0 Å². The number of hydrogen-bond donors (Lipinski definition) is 0. The predicted molar refractivity (Wildman–Crippen MR) is 50.1 cm³/mol. The normalized spacial score (nSPS) is 9.46. The molecule has 0 atom stereocenters. The second-order valence-corrected chi connectivity index (χ2v) is 3.97. The average molecular weight is 202 g/mol. The minimum atomic E-state index is -2.30. The molecule has 0 aliphatic heterocycles. The van der Waals surface area contributed by atoms with Crippen LogP contribution in [0.15, 0.2) is 12.3 Å². The zero-order valence-corrected chi connectivity index (χ0v) is 9.06. The Morgan fingerprint density at radius 2 is 1.62 bits per heavy atom. The molecule has 0 fully saturated rings. The zero-order valence-electron chi connectivity index (χ0n) is 7.91. The fraction of sp³-hybridized carbons (Fsp3) is 0.500. The van der Waals surface area contributed by atoms with Crippen LogP contribution in [0, 0.1) is 0 Å². The van der Waals surface area contributed by atoms with Gasteiger partial charge in [0.2, 0.25) is 0 Å². The second-order valence-electron chi connectivity index (χ2n) is 2.29. The molecule has 0 heterocycles. The van der Waals surface area contributed by atoms with Crippen LogP contribution in [-0.4, -0.2) is 21.2 Å². The van der Waals surface area contributed by atoms with Crippen molar-refractivity contribution in [1.82, 2.24) is 0 Å². The van der Waals surface area contributed by atoms with Crippen LogP contribution in [0.3, 0.4) is 0 Å². The van der Waals surface area contributed by atoms with Crippen molar-refractivity contribution >= 4 is 21.2 Å². The summed E-state index contributed by atoms with van der Waals surface area (Å²) in [6, 6.07) is 0. The van der Waals surface area contributed by atoms with Crippen LogP contribution in [0.25, 0.3) is 0 Å². The maximum atomic E-state index is 10.8. The van der Waals surface area contributed by atoms with Crippen molar-refractivity contribution in [3.8, 4) is 0 Å². The Kier molecular flexibility index (Phi) is 5.87. The topological polar surface area (TPSA) is 52.6 Å². The Morgan fingerprint density at radius 1 is 1.23 bits per heavy atom. The molecular formula is C8H14O4Si. The summed E-state index contributed by atoms with van der Waals surface area (Å²) in [5, 5.41) is 0. The molecule has 0 aromatic rings. The molecule has 0 rings (SSSR count). The van der Waals surface area contributed by atoms with E-state index in [1.165, 1.54) is 5.70 Å². The Labute approximate surface area is 79.4 Å². The lowest BCUT2D eigenvalue weighted by molar-refractivity contribution is -0.139. The number of rotatable bonds is 5. The van der Waals surface area contributed by atoms with Gasteiger partial charge in [-0.25, -0.2) is 0 Å². The Hall–Kier alpha value is -1.10. The summed E-state index contributed by atoms with van der Waals surface area (Å²) in [6.45, 7) is 6.80. The molecule has 0 N–H and O–H groups in total. The van der Waals surface area contributed by atoms with E-state index in [2.05, 4.69) is 6.58 Å². The van der Waals surface area contributed by atoms with Gasteiger partial charge in [0, 0.05) is 12.8 Å². The quantitative estimate of drug-likeness (QED) is 0.620. The predicted octanol–water partition coefficient (Wildman–Crippen LogP) is 0.838. The number of carbonyl (C=O) groups is 2. The maximum absolute atomic E-state index is 10.8. The minimum Gasteiger partial charge on any atom is -0.484 e. The molecule has 0 bridgehead atoms. The SMILES string of the molecule is C=C[SiH](OC(=O)CC)OC(=O)CC. The Morgan fingerprint density at radius 3 is 1.85 bits per heavy atom. The highest BCUT2D eigenvalue weighted by atomic mass is 28.3. The van der Waals surface area contributed by atoms with E-state index in [-0.39, 0.29) is 24.8 Å². The monoisotopic (exact) mass is 202 g/mol. The van der Waals surface area contributed by atoms with Crippen LogP contribution < -0.4 is 0 Å². The maximum Gasteiger partial charge on any atom is 0.475 e. The summed E-state index contributed by atoms with van der Waals surface area (Å²) in [5.74, 6) is -0.721. The Balaban J connectivity index is 3.96. The van der Waals surface area contributed by atoms with Gasteiger partial charge in [0.05, 0.1) is 0 Å². The van der Waals surface area contributed by atoms with Crippen molar-refractivity contribution in [1.29, 1.82) is 0 Å². The first kappa shape index (κ1) is 11.9. The second kappa shape index (κ2) is 6.42. The van der Waals surface area contributed by atoms with Gasteiger partial charge in [-0.05, 0) is 5.70 Å². The van der Waals surface area contributed by atoms with Crippen molar-refractivity contribution in [2.24, 2.45) is 0 Å². The zero-order chi connectivity index (χ0) is 10.3. The summed E-state index contributed by atoms with van der Waals surface area (Å²) < 4.78 is 9.72. The van der Waals surface area contributed by atoms with E-state index in [9.17, 15) is 9.59 Å². The summed E-state index contributed by atoms with van der Waals surface area (Å²) >= 11 is 0. The molecule has 74 valence electrons. The van der Waals surface area contributed by atoms with Gasteiger partial charge >= 0.3 is 9.28 Å². The van der Waals surface area contributed by atoms with Crippen molar-refractivity contribution in [2.45, 2.75) is 26.7 Å². The standard InChI is InChI=1S/C8H14O4Si/c1-4-7(9)11-13(6-3)12-8(10)5-2/h6,13H,3-5H2,1-2H3. The first-order valence-electron chi connectivity index (χ1n) is 4.15. The summed E-state index contributed by atoms with van der Waals surface area (Å²) in [7, 11) is -2.30. The molecule has 0 amide bonds. The average Bonchev–Trinajstić information content (AvgIpc) is 2.16. The smallest absolute Gasteiger partial charge is 0.475 e. The highest BCUT2D eigenvalue weighted by Gasteiger charge is 2.17. The molecule has 0 spiro atoms. The fourth-order valence-electron chi connectivity index (χ4n) is 0.546. The van der Waals surface area contributed by atoms with Gasteiger partial charge in [0.25, 0.3) is 11.9 Å². The van der Waals surface area contributed by atoms with Crippen LogP contribution >= 0.6 is 0 Å². The third-order valence-electron chi connectivity index (χ3n) is 1.26. The van der Waals surface area contributed by atoms with E-state index < -0.39 is 9.28 Å². The van der Waals surface area contributed by atoms with Crippen molar-refractivity contribution in [3.63, 3.8) is 0 Å². The van der Waals surface area contributed by atoms with Gasteiger partial charge in [0.1, 0.15) is 0 Å². The lowest BCUT2D eigenvalue weighted by Gasteiger charge is -2.11. The molecule has 0 saturated heterocycles. The largest absolute Gasteiger partial charge is 0.484 e. The first-order valence-corrected chi connectivity index (χ1v) is 5.76. The molecule has 4 nitrogen and oxygen atoms in total. The molecule has 0 radical (unpaired) electrons. The van der Waals surface area contributed by atoms with E-state index in [0.717, 1.165) is 0 Å². The van der Waals surface area contributed by atoms with Gasteiger partial charge in [-0.1, -0.05) is 13.8 Å². The van der Waals surface area contributed by atoms with Crippen LogP contribution in [0.2, 0.25) is 0 Å². The van der Waals surface area contributed by atoms with Crippen molar-refractivity contribution in [2.75, 3.05) is 0 Å². The van der Waals surface area contributed by atoms with Crippen molar-refractivity contribution < 1.29 is 18.4 Å². The minimum absolute atomic E-state index is 0.279. The van der Waals surface area contributed by atoms with Gasteiger partial charge < -0.3 is 8.85 Å². The molecule has 0 unspecified atom stereocenters. The van der Waals surface area contributed by atoms with E-state index in [1.807, 2.05) is 0 Å². The summed E-state index contributed by atoms with van der Waals surface area (Å²) in [4.78, 5) is 21.6. The van der Waals surface area contributed by atoms with E-state index >= 15 is 0 Å². The third kappa shape index (κ3) is 5.19. The Bertz CT molecular complexity index is 184. The molecule has 13 heavy (non-hydrogen) atoms. The van der Waals surface area contributed by atoms with E-state index in [4.69, 9.17) is 8.85 Å². The molecule has 0 aliphatic rings. The third-order valence-corrected chi connectivity index (χ3v) is 2.64. The lowest BCUT2D eigenvalue weighted by Crippen LogP contribution is -2.26. The van der Waals surface area contributed by atoms with Crippen LogP contribution in [0.4, 0.5) is 0 Å². The highest BCUT2D eigenvalue weighted by Crippen LogP contribution is 1.96. The molecule has 0 aliphatic carbocycles. The molecule has 0 aromatic heterocycles. The van der Waals surface area contributed by atoms with Gasteiger partial charge in [-0.2, -0.15) is 0 Å². The van der Waals surface area contributed by atoms with E-state index in [1.54, 1.807) is 13.8 Å². The molecular weight excluding hydrogens is 188 g/mol. The fourth-order valence-corrected chi connectivity index (χ4v) is 1.64. The van der Waals surface area contributed by atoms with Crippen molar-refractivity contribution in [3.05, 3.63) is 12.3 Å².